The fourth-order valence-electron chi connectivity index (χ4n) is 2.90. The van der Waals surface area contributed by atoms with Gasteiger partial charge in [-0.15, -0.1) is 0 Å². The van der Waals surface area contributed by atoms with Crippen molar-refractivity contribution in [1.29, 1.82) is 0 Å². The van der Waals surface area contributed by atoms with Crippen molar-refractivity contribution in [2.45, 2.75) is 51.6 Å². The Kier molecular flexibility index (Phi) is 3.45. The minimum absolute atomic E-state index is 0.697. The smallest absolute Gasteiger partial charge is 0.0167 e. The first-order valence-electron chi connectivity index (χ1n) is 6.23. The monoisotopic (exact) mass is 196 g/mol. The second-order valence-corrected chi connectivity index (χ2v) is 5.26. The van der Waals surface area contributed by atoms with E-state index in [2.05, 4.69) is 24.1 Å². The number of nitrogens with one attached hydrogen (secondary N) is 1. The van der Waals surface area contributed by atoms with Crippen molar-refractivity contribution in [3.05, 3.63) is 0 Å². The van der Waals surface area contributed by atoms with Gasteiger partial charge in [0.15, 0.2) is 0 Å². The van der Waals surface area contributed by atoms with Crippen LogP contribution in [0.5, 0.6) is 0 Å². The lowest BCUT2D eigenvalue weighted by Crippen LogP contribution is -2.53. The predicted molar refractivity (Wildman–Crippen MR) is 60.5 cm³/mol. The highest BCUT2D eigenvalue weighted by atomic mass is 15.2. The molecule has 2 rings (SSSR count). The zero-order valence-electron chi connectivity index (χ0n) is 9.63. The van der Waals surface area contributed by atoms with E-state index < -0.39 is 0 Å². The van der Waals surface area contributed by atoms with Crippen molar-refractivity contribution in [2.24, 2.45) is 5.92 Å². The summed E-state index contributed by atoms with van der Waals surface area (Å²) in [4.78, 5) is 2.72. The van der Waals surface area contributed by atoms with Crippen LogP contribution in [0.3, 0.4) is 0 Å². The third kappa shape index (κ3) is 2.48. The number of hydrogen-bond donors (Lipinski definition) is 1. The van der Waals surface area contributed by atoms with E-state index in [1.165, 1.54) is 45.3 Å². The fourth-order valence-corrected chi connectivity index (χ4v) is 2.90. The molecule has 0 spiro atoms. The maximum atomic E-state index is 3.52. The molecule has 2 nitrogen and oxygen atoms in total. The Morgan fingerprint density at radius 2 is 1.79 bits per heavy atom. The third-order valence-corrected chi connectivity index (χ3v) is 3.90. The van der Waals surface area contributed by atoms with Gasteiger partial charge in [0.1, 0.15) is 0 Å². The van der Waals surface area contributed by atoms with E-state index >= 15 is 0 Å². The average Bonchev–Trinajstić information content (AvgIpc) is 2.19. The van der Waals surface area contributed by atoms with Gasteiger partial charge in [-0.1, -0.05) is 6.92 Å². The molecule has 1 aliphatic heterocycles. The molecule has 14 heavy (non-hydrogen) atoms. The molecule has 1 N–H and O–H groups in total. The van der Waals surface area contributed by atoms with Gasteiger partial charge >= 0.3 is 0 Å². The van der Waals surface area contributed by atoms with Crippen LogP contribution in [0.2, 0.25) is 0 Å². The Morgan fingerprint density at radius 3 is 2.43 bits per heavy atom. The van der Waals surface area contributed by atoms with Crippen molar-refractivity contribution in [3.63, 3.8) is 0 Å². The van der Waals surface area contributed by atoms with E-state index in [9.17, 15) is 0 Å². The SMILES string of the molecule is CC1CCC(N2CCN[C@H](C)C2)CC1. The van der Waals surface area contributed by atoms with E-state index in [1.54, 1.807) is 0 Å². The minimum atomic E-state index is 0.697. The molecule has 0 unspecified atom stereocenters. The van der Waals surface area contributed by atoms with Crippen molar-refractivity contribution in [2.75, 3.05) is 19.6 Å². The molecule has 1 saturated carbocycles. The van der Waals surface area contributed by atoms with Crippen molar-refractivity contribution in [1.82, 2.24) is 10.2 Å². The van der Waals surface area contributed by atoms with Gasteiger partial charge in [0.25, 0.3) is 0 Å². The molecular weight excluding hydrogens is 172 g/mol. The van der Waals surface area contributed by atoms with Gasteiger partial charge < -0.3 is 5.32 Å². The Morgan fingerprint density at radius 1 is 1.07 bits per heavy atom. The summed E-state index contributed by atoms with van der Waals surface area (Å²) < 4.78 is 0. The Balaban J connectivity index is 1.82. The second kappa shape index (κ2) is 4.63. The van der Waals surface area contributed by atoms with E-state index in [1.807, 2.05) is 0 Å². The Hall–Kier alpha value is -0.0800. The van der Waals surface area contributed by atoms with Crippen LogP contribution in [0.4, 0.5) is 0 Å². The normalized spacial score (nSPS) is 41.1. The highest BCUT2D eigenvalue weighted by molar-refractivity contribution is 4.83. The molecule has 2 fully saturated rings. The zero-order valence-corrected chi connectivity index (χ0v) is 9.63. The molecule has 1 heterocycles. The second-order valence-electron chi connectivity index (χ2n) is 5.26. The number of rotatable bonds is 1. The minimum Gasteiger partial charge on any atom is -0.312 e. The molecule has 0 aromatic carbocycles. The maximum absolute atomic E-state index is 3.52. The largest absolute Gasteiger partial charge is 0.312 e. The molecule has 1 aliphatic carbocycles. The number of piperazine rings is 1. The first-order valence-corrected chi connectivity index (χ1v) is 6.23. The van der Waals surface area contributed by atoms with Crippen molar-refractivity contribution < 1.29 is 0 Å². The first-order chi connectivity index (χ1) is 6.75. The standard InChI is InChI=1S/C12H24N2/c1-10-3-5-12(6-4-10)14-8-7-13-11(2)9-14/h10-13H,3-9H2,1-2H3/t10?,11-,12?/m1/s1. The quantitative estimate of drug-likeness (QED) is 0.688. The summed E-state index contributed by atoms with van der Waals surface area (Å²) in [7, 11) is 0. The van der Waals surface area contributed by atoms with Gasteiger partial charge in [0.05, 0.1) is 0 Å². The van der Waals surface area contributed by atoms with E-state index in [0.717, 1.165) is 12.0 Å². The number of nitrogens with zero attached hydrogens (tertiary/aromatic N) is 1. The van der Waals surface area contributed by atoms with Gasteiger partial charge in [-0.2, -0.15) is 0 Å². The summed E-state index contributed by atoms with van der Waals surface area (Å²) in [5, 5.41) is 3.52. The fraction of sp³-hybridized carbons (Fsp3) is 1.00. The van der Waals surface area contributed by atoms with Crippen LogP contribution in [0.15, 0.2) is 0 Å². The molecule has 1 saturated heterocycles. The summed E-state index contributed by atoms with van der Waals surface area (Å²) in [6, 6.07) is 1.60. The molecule has 2 aliphatic rings. The maximum Gasteiger partial charge on any atom is 0.0167 e. The van der Waals surface area contributed by atoms with Crippen LogP contribution in [0, 0.1) is 5.92 Å². The summed E-state index contributed by atoms with van der Waals surface area (Å²) in [5.41, 5.74) is 0. The van der Waals surface area contributed by atoms with Gasteiger partial charge in [-0.3, -0.25) is 4.90 Å². The topological polar surface area (TPSA) is 15.3 Å². The predicted octanol–water partition coefficient (Wildman–Crippen LogP) is 1.86. The molecule has 0 radical (unpaired) electrons. The molecule has 0 bridgehead atoms. The summed E-state index contributed by atoms with van der Waals surface area (Å²) in [6.07, 6.45) is 5.77. The van der Waals surface area contributed by atoms with E-state index in [0.29, 0.717) is 6.04 Å². The Labute approximate surface area is 88.1 Å². The van der Waals surface area contributed by atoms with Crippen LogP contribution >= 0.6 is 0 Å². The van der Waals surface area contributed by atoms with Gasteiger partial charge in [-0.25, -0.2) is 0 Å². The molecule has 2 heteroatoms. The molecule has 0 amide bonds. The van der Waals surface area contributed by atoms with Crippen LogP contribution in [0.1, 0.15) is 39.5 Å². The molecule has 0 aromatic rings. The highest BCUT2D eigenvalue weighted by Gasteiger charge is 2.26. The number of hydrogen-bond acceptors (Lipinski definition) is 2. The lowest BCUT2D eigenvalue weighted by molar-refractivity contribution is 0.108. The van der Waals surface area contributed by atoms with E-state index in [-0.39, 0.29) is 0 Å². The van der Waals surface area contributed by atoms with Gasteiger partial charge in [0, 0.05) is 31.7 Å². The lowest BCUT2D eigenvalue weighted by atomic mass is 9.86. The van der Waals surface area contributed by atoms with Crippen molar-refractivity contribution >= 4 is 0 Å². The lowest BCUT2D eigenvalue weighted by Gasteiger charge is -2.40. The van der Waals surface area contributed by atoms with Crippen LogP contribution in [-0.4, -0.2) is 36.6 Å². The third-order valence-electron chi connectivity index (χ3n) is 3.90. The summed E-state index contributed by atoms with van der Waals surface area (Å²) in [5.74, 6) is 0.978. The molecular formula is C12H24N2. The van der Waals surface area contributed by atoms with Gasteiger partial charge in [0.2, 0.25) is 0 Å². The first kappa shape index (κ1) is 10.4. The van der Waals surface area contributed by atoms with Gasteiger partial charge in [-0.05, 0) is 38.5 Å². The van der Waals surface area contributed by atoms with Crippen LogP contribution < -0.4 is 5.32 Å². The summed E-state index contributed by atoms with van der Waals surface area (Å²) in [6.45, 7) is 8.42. The summed E-state index contributed by atoms with van der Waals surface area (Å²) >= 11 is 0. The van der Waals surface area contributed by atoms with Crippen LogP contribution in [0.25, 0.3) is 0 Å². The molecule has 0 aromatic heterocycles. The highest BCUT2D eigenvalue weighted by Crippen LogP contribution is 2.27. The Bertz CT molecular complexity index is 173. The molecule has 82 valence electrons. The zero-order chi connectivity index (χ0) is 9.97. The van der Waals surface area contributed by atoms with Crippen LogP contribution in [-0.2, 0) is 0 Å². The van der Waals surface area contributed by atoms with Crippen molar-refractivity contribution in [3.8, 4) is 0 Å². The average molecular weight is 196 g/mol. The molecule has 1 atom stereocenters. The van der Waals surface area contributed by atoms with E-state index in [4.69, 9.17) is 0 Å².